The van der Waals surface area contributed by atoms with E-state index in [0.717, 1.165) is 36.6 Å². The molecule has 3 aliphatic heterocycles. The average molecular weight is 1120 g/mol. The minimum atomic E-state index is -5.87. The Kier molecular flexibility index (Phi) is 15.6. The molecule has 3 fully saturated rings. The topological polar surface area (TPSA) is 501 Å². The summed E-state index contributed by atoms with van der Waals surface area (Å²) >= 11 is 0. The first-order chi connectivity index (χ1) is 34.2. The van der Waals surface area contributed by atoms with Gasteiger partial charge in [0.25, 0.3) is 16.7 Å². The summed E-state index contributed by atoms with van der Waals surface area (Å²) in [5.41, 5.74) is 7.26. The fraction of sp³-hybridized carbons (Fsp3) is 0.588. The van der Waals surface area contributed by atoms with Gasteiger partial charge in [-0.2, -0.15) is 9.55 Å². The maximum atomic E-state index is 14.2. The van der Waals surface area contributed by atoms with Gasteiger partial charge in [0, 0.05) is 32.4 Å². The quantitative estimate of drug-likeness (QED) is 0.0260. The average Bonchev–Trinajstić information content (AvgIpc) is 4.10. The zero-order chi connectivity index (χ0) is 53.1. The van der Waals surface area contributed by atoms with Gasteiger partial charge in [0.15, 0.2) is 29.8 Å². The fourth-order valence-corrected chi connectivity index (χ4v) is 15.4. The molecule has 35 nitrogen and oxygen atoms in total. The maximum Gasteiger partial charge on any atom is 0.479 e. The maximum absolute atomic E-state index is 14.2. The number of hydrogen-bond acceptors (Lipinski definition) is 26. The van der Waals surface area contributed by atoms with E-state index < -0.39 is 146 Å². The first-order valence-electron chi connectivity index (χ1n) is 21.2. The lowest BCUT2D eigenvalue weighted by molar-refractivity contribution is -0.646. The number of nitrogens with one attached hydrogen (secondary N) is 2. The van der Waals surface area contributed by atoms with Crippen LogP contribution in [0.15, 0.2) is 45.6 Å². The number of imidazole rings is 2. The van der Waals surface area contributed by atoms with E-state index in [0.29, 0.717) is 0 Å². The largest absolute Gasteiger partial charge is 0.778 e. The molecule has 12 N–H and O–H groups in total. The number of nitrogens with two attached hydrogens (primary N) is 2. The van der Waals surface area contributed by atoms with Gasteiger partial charge in [0.2, 0.25) is 18.5 Å². The number of H-pyrrole nitrogens is 2. The molecule has 5 aromatic rings. The first kappa shape index (κ1) is 54.7. The van der Waals surface area contributed by atoms with Gasteiger partial charge in [0.05, 0.1) is 57.7 Å². The number of nitrogen functional groups attached to an aromatic ring is 2. The van der Waals surface area contributed by atoms with Crippen LogP contribution in [0, 0.1) is 5.92 Å². The number of aryl methyl sites for hydroxylation is 1. The summed E-state index contributed by atoms with van der Waals surface area (Å²) in [5, 5.41) is 32.7. The lowest BCUT2D eigenvalue weighted by Gasteiger charge is -2.35. The van der Waals surface area contributed by atoms with Gasteiger partial charge in [-0.15, -0.1) is 0 Å². The Hall–Kier alpha value is -4.54. The molecule has 0 aromatic carbocycles. The van der Waals surface area contributed by atoms with Crippen LogP contribution in [-0.2, 0) is 66.9 Å². The number of phosphoric ester groups is 1. The Morgan fingerprint density at radius 2 is 1.47 bits per heavy atom. The van der Waals surface area contributed by atoms with Gasteiger partial charge in [-0.25, -0.2) is 33.2 Å². The van der Waals surface area contributed by atoms with Gasteiger partial charge < -0.3 is 83.7 Å². The molecular weight excluding hydrogens is 1070 g/mol. The van der Waals surface area contributed by atoms with Crippen LogP contribution in [0.4, 0.5) is 11.8 Å². The van der Waals surface area contributed by atoms with E-state index in [2.05, 4.69) is 29.2 Å². The number of aliphatic hydroxyl groups is 3. The summed E-state index contributed by atoms with van der Waals surface area (Å²) in [6, 6.07) is 0.924. The van der Waals surface area contributed by atoms with E-state index in [1.807, 2.05) is 4.98 Å². The van der Waals surface area contributed by atoms with Crippen LogP contribution >= 0.6 is 30.6 Å². The Balaban J connectivity index is 0.957. The SMILES string of the molecule is COC[C@H]1[C@@H](O)[C@H](n2c[n+](C)c3c(=O)[nH]c(N)nc32)O[C@@H]1COP(=O)(O)CP(=O)(O)OP(=O)(O)OC[C@H]1O[C@@H](n2cnc3c(N)ncnc32)[C@H](OC)[C@@H]1P(=O)([O-])OC[C@H]1O[C@@H](n2ccc(=O)[nH]c2=O)[C@H](O)[C@@H]1O. The standard InChI is InChI=1S/C34H48N12O23P4/c1-43-12-46(28-20(43)29(51)42-33(36)41-28)30-21(48)14(6-61-2)15(66-30)7-63-70(53,54)13-71(55,56)69-73(59,60)65-9-17-25(24(62-3)32(68-17)45-11-39-19-26(35)37-10-38-27(19)45)72(57,58)64-8-16-22(49)23(50)31(67-16)44-5-4-18(47)40-34(44)52/h4-5,10-12,14-17,21-25,30-32,48-50H,6-9,13H2,1-3H3,(H9-,35,36,37,38,40,41,42,47,51,52,53,54,55,56,57,58,59,60)/t14-,15-,16-,17-,21-,22-,23-,24-,25-,30-,31-,32-/m1/s1. The molecule has 4 unspecified atom stereocenters. The summed E-state index contributed by atoms with van der Waals surface area (Å²) in [6.07, 6.45) is -11.6. The summed E-state index contributed by atoms with van der Waals surface area (Å²) in [7, 11) is -18.5. The third-order valence-corrected chi connectivity index (χ3v) is 19.5. The Morgan fingerprint density at radius 1 is 0.795 bits per heavy atom. The number of anilines is 2. The molecule has 0 bridgehead atoms. The number of ether oxygens (including phenoxy) is 5. The lowest BCUT2D eigenvalue weighted by atomic mass is 9.99. The molecule has 8 heterocycles. The van der Waals surface area contributed by atoms with Crippen LogP contribution in [0.2, 0.25) is 0 Å². The third-order valence-electron chi connectivity index (χ3n) is 11.9. The predicted octanol–water partition coefficient (Wildman–Crippen LogP) is -4.43. The summed E-state index contributed by atoms with van der Waals surface area (Å²) < 4.78 is 107. The van der Waals surface area contributed by atoms with Crippen molar-refractivity contribution >= 4 is 64.7 Å². The highest BCUT2D eigenvalue weighted by Crippen LogP contribution is 2.67. The molecule has 0 spiro atoms. The second-order valence-electron chi connectivity index (χ2n) is 16.7. The number of hydrogen-bond donors (Lipinski definition) is 10. The number of aromatic amines is 2. The summed E-state index contributed by atoms with van der Waals surface area (Å²) in [5.74, 6) is -3.16. The van der Waals surface area contributed by atoms with Crippen molar-refractivity contribution in [3.8, 4) is 0 Å². The van der Waals surface area contributed by atoms with Crippen molar-refractivity contribution in [2.45, 2.75) is 67.1 Å². The van der Waals surface area contributed by atoms with Crippen molar-refractivity contribution in [1.82, 2.24) is 43.6 Å². The molecule has 0 amide bonds. The fourth-order valence-electron chi connectivity index (χ4n) is 8.64. The molecular formula is C34H48N12O23P4. The van der Waals surface area contributed by atoms with Crippen LogP contribution in [0.25, 0.3) is 22.3 Å². The van der Waals surface area contributed by atoms with Crippen molar-refractivity contribution in [2.75, 3.05) is 58.0 Å². The van der Waals surface area contributed by atoms with Gasteiger partial charge in [-0.1, -0.05) is 0 Å². The highest BCUT2D eigenvalue weighted by molar-refractivity contribution is 7.74. The Morgan fingerprint density at radius 3 is 2.16 bits per heavy atom. The van der Waals surface area contributed by atoms with Gasteiger partial charge in [0.1, 0.15) is 50.0 Å². The third kappa shape index (κ3) is 11.2. The molecule has 39 heteroatoms. The highest BCUT2D eigenvalue weighted by atomic mass is 31.3. The van der Waals surface area contributed by atoms with Crippen LogP contribution < -0.4 is 37.7 Å². The smallest absolute Gasteiger partial charge is 0.479 e. The minimum absolute atomic E-state index is 0.000205. The Labute approximate surface area is 407 Å². The normalized spacial score (nSPS) is 30.9. The zero-order valence-electron chi connectivity index (χ0n) is 38.0. The molecule has 0 radical (unpaired) electrons. The van der Waals surface area contributed by atoms with Crippen molar-refractivity contribution in [2.24, 2.45) is 13.0 Å². The second kappa shape index (κ2) is 20.9. The van der Waals surface area contributed by atoms with E-state index in [9.17, 15) is 67.5 Å². The molecule has 0 aliphatic carbocycles. The first-order valence-corrected chi connectivity index (χ1v) is 27.8. The molecule has 0 saturated carbocycles. The number of phosphoric acid groups is 1. The van der Waals surface area contributed by atoms with Crippen LogP contribution in [0.3, 0.4) is 0 Å². The van der Waals surface area contributed by atoms with Crippen molar-refractivity contribution in [1.29, 1.82) is 0 Å². The van der Waals surface area contributed by atoms with Gasteiger partial charge in [-0.05, 0) is 0 Å². The number of fused-ring (bicyclic) bond motifs is 2. The van der Waals surface area contributed by atoms with E-state index in [1.54, 1.807) is 0 Å². The van der Waals surface area contributed by atoms with Crippen molar-refractivity contribution in [3.05, 3.63) is 62.4 Å². The van der Waals surface area contributed by atoms with E-state index in [-0.39, 0.29) is 40.7 Å². The number of methoxy groups -OCH3 is 2. The molecule has 3 saturated heterocycles. The van der Waals surface area contributed by atoms with E-state index in [1.165, 1.54) is 34.2 Å². The molecule has 73 heavy (non-hydrogen) atoms. The van der Waals surface area contributed by atoms with E-state index in [4.69, 9.17) is 48.7 Å². The Bertz CT molecular complexity index is 3240. The molecule has 8 rings (SSSR count). The van der Waals surface area contributed by atoms with Crippen molar-refractivity contribution in [3.63, 3.8) is 0 Å². The van der Waals surface area contributed by atoms with Crippen LogP contribution in [-0.4, -0.2) is 169 Å². The monoisotopic (exact) mass is 1120 g/mol. The molecule has 16 atom stereocenters. The highest BCUT2D eigenvalue weighted by Gasteiger charge is 2.55. The zero-order valence-corrected chi connectivity index (χ0v) is 41.6. The van der Waals surface area contributed by atoms with Gasteiger partial charge >= 0.3 is 34.3 Å². The van der Waals surface area contributed by atoms with E-state index >= 15 is 0 Å². The number of aromatic nitrogens is 10. The second-order valence-corrected chi connectivity index (χ2v) is 24.5. The predicted molar refractivity (Wildman–Crippen MR) is 238 cm³/mol. The molecule has 3 aliphatic rings. The number of aliphatic hydroxyl groups excluding tert-OH is 3. The minimum Gasteiger partial charge on any atom is -0.778 e. The number of rotatable bonds is 20. The van der Waals surface area contributed by atoms with Crippen LogP contribution in [0.5, 0.6) is 0 Å². The molecule has 402 valence electrons. The van der Waals surface area contributed by atoms with Crippen molar-refractivity contribution < 1.29 is 99.3 Å². The van der Waals surface area contributed by atoms with Crippen LogP contribution in [0.1, 0.15) is 18.7 Å². The summed E-state index contributed by atoms with van der Waals surface area (Å²) in [6.45, 7) is -3.38. The van der Waals surface area contributed by atoms with Gasteiger partial charge in [-0.3, -0.25) is 42.3 Å². The summed E-state index contributed by atoms with van der Waals surface area (Å²) in [4.78, 5) is 103. The molecule has 5 aromatic heterocycles. The number of nitrogens with zero attached hydrogens (tertiary/aromatic N) is 8. The lowest BCUT2D eigenvalue weighted by Crippen LogP contribution is -2.40.